The van der Waals surface area contributed by atoms with Crippen molar-refractivity contribution in [3.63, 3.8) is 0 Å². The molecule has 0 saturated heterocycles. The van der Waals surface area contributed by atoms with Crippen LogP contribution in [0.2, 0.25) is 0 Å². The highest BCUT2D eigenvalue weighted by Gasteiger charge is 2.11. The summed E-state index contributed by atoms with van der Waals surface area (Å²) in [5.74, 6) is 0.924. The fourth-order valence-electron chi connectivity index (χ4n) is 1.76. The van der Waals surface area contributed by atoms with Crippen LogP contribution in [0.1, 0.15) is 11.3 Å². The molecule has 16 heavy (non-hydrogen) atoms. The van der Waals surface area contributed by atoms with Crippen LogP contribution in [0, 0.1) is 13.8 Å². The van der Waals surface area contributed by atoms with Gasteiger partial charge in [-0.05, 0) is 26.0 Å². The van der Waals surface area contributed by atoms with Gasteiger partial charge in [0.25, 0.3) is 0 Å². The summed E-state index contributed by atoms with van der Waals surface area (Å²) >= 11 is 0. The van der Waals surface area contributed by atoms with Crippen molar-refractivity contribution in [1.82, 2.24) is 14.5 Å². The summed E-state index contributed by atoms with van der Waals surface area (Å²) in [7, 11) is 0. The first-order valence-corrected chi connectivity index (χ1v) is 5.10. The van der Waals surface area contributed by atoms with E-state index in [0.717, 1.165) is 28.2 Å². The van der Waals surface area contributed by atoms with Crippen molar-refractivity contribution in [2.75, 3.05) is 0 Å². The van der Waals surface area contributed by atoms with E-state index in [9.17, 15) is 0 Å². The number of pyridine rings is 1. The van der Waals surface area contributed by atoms with Crippen LogP contribution in [-0.4, -0.2) is 14.5 Å². The lowest BCUT2D eigenvalue weighted by atomic mass is 10.2. The molecule has 4 nitrogen and oxygen atoms in total. The van der Waals surface area contributed by atoms with E-state index in [-0.39, 0.29) is 0 Å². The van der Waals surface area contributed by atoms with Crippen LogP contribution in [0.25, 0.3) is 16.9 Å². The van der Waals surface area contributed by atoms with Gasteiger partial charge in [-0.2, -0.15) is 0 Å². The highest BCUT2D eigenvalue weighted by atomic mass is 16.3. The molecule has 0 aromatic carbocycles. The summed E-state index contributed by atoms with van der Waals surface area (Å²) in [5.41, 5.74) is 3.86. The van der Waals surface area contributed by atoms with Gasteiger partial charge in [0.15, 0.2) is 5.65 Å². The molecule has 0 aliphatic heterocycles. The normalized spacial score (nSPS) is 11.1. The van der Waals surface area contributed by atoms with Gasteiger partial charge in [-0.3, -0.25) is 4.57 Å². The zero-order valence-electron chi connectivity index (χ0n) is 9.14. The van der Waals surface area contributed by atoms with E-state index < -0.39 is 0 Å². The third-order valence-electron chi connectivity index (χ3n) is 2.83. The van der Waals surface area contributed by atoms with Crippen LogP contribution in [0.15, 0.2) is 35.3 Å². The molecule has 3 heterocycles. The lowest BCUT2D eigenvalue weighted by Crippen LogP contribution is -1.93. The molecule has 0 spiro atoms. The minimum Gasteiger partial charge on any atom is -0.467 e. The average molecular weight is 213 g/mol. The minimum absolute atomic E-state index is 0.853. The smallest absolute Gasteiger partial charge is 0.164 e. The van der Waals surface area contributed by atoms with Gasteiger partial charge in [0.2, 0.25) is 0 Å². The fraction of sp³-hybridized carbons (Fsp3) is 0.167. The van der Waals surface area contributed by atoms with Crippen LogP contribution in [0.3, 0.4) is 0 Å². The molecule has 3 rings (SSSR count). The van der Waals surface area contributed by atoms with E-state index >= 15 is 0 Å². The highest BCUT2D eigenvalue weighted by Crippen LogP contribution is 2.22. The van der Waals surface area contributed by atoms with Gasteiger partial charge in [0.1, 0.15) is 23.9 Å². The Kier molecular flexibility index (Phi) is 1.83. The number of rotatable bonds is 1. The van der Waals surface area contributed by atoms with E-state index in [2.05, 4.69) is 9.97 Å². The molecule has 0 bridgehead atoms. The molecular weight excluding hydrogens is 202 g/mol. The van der Waals surface area contributed by atoms with Crippen LogP contribution in [-0.2, 0) is 0 Å². The van der Waals surface area contributed by atoms with Crippen LogP contribution in [0.4, 0.5) is 0 Å². The lowest BCUT2D eigenvalue weighted by molar-refractivity contribution is 0.531. The van der Waals surface area contributed by atoms with E-state index in [4.69, 9.17) is 4.42 Å². The average Bonchev–Trinajstić information content (AvgIpc) is 2.85. The molecule has 4 heteroatoms. The predicted molar refractivity (Wildman–Crippen MR) is 60.6 cm³/mol. The van der Waals surface area contributed by atoms with Crippen molar-refractivity contribution >= 4 is 11.2 Å². The summed E-state index contributed by atoms with van der Waals surface area (Å²) in [5, 5.41) is 0. The maximum atomic E-state index is 5.39. The number of furan rings is 1. The summed E-state index contributed by atoms with van der Waals surface area (Å²) in [6.45, 7) is 3.98. The third kappa shape index (κ3) is 1.16. The first-order chi connectivity index (χ1) is 7.77. The van der Waals surface area contributed by atoms with Gasteiger partial charge in [0.05, 0.1) is 5.69 Å². The maximum absolute atomic E-state index is 5.39. The Bertz CT molecular complexity index is 651. The third-order valence-corrected chi connectivity index (χ3v) is 2.83. The molecule has 0 aliphatic rings. The molecule has 0 saturated carbocycles. The zero-order valence-corrected chi connectivity index (χ0v) is 9.14. The topological polar surface area (TPSA) is 43.9 Å². The Labute approximate surface area is 92.6 Å². The Hall–Kier alpha value is -2.10. The second kappa shape index (κ2) is 3.20. The maximum Gasteiger partial charge on any atom is 0.164 e. The SMILES string of the molecule is Cc1occ(-n2cnc3cccnc32)c1C. The number of imidazole rings is 1. The summed E-state index contributed by atoms with van der Waals surface area (Å²) in [6.07, 6.45) is 5.28. The standard InChI is InChI=1S/C12H11N3O/c1-8-9(2)16-6-11(8)15-7-14-10-4-3-5-13-12(10)15/h3-7H,1-2H3. The Morgan fingerprint density at radius 3 is 2.88 bits per heavy atom. The molecular formula is C12H11N3O. The van der Waals surface area contributed by atoms with Crippen molar-refractivity contribution in [3.05, 3.63) is 42.2 Å². The fourth-order valence-corrected chi connectivity index (χ4v) is 1.76. The van der Waals surface area contributed by atoms with Crippen molar-refractivity contribution in [2.45, 2.75) is 13.8 Å². The molecule has 0 amide bonds. The van der Waals surface area contributed by atoms with Crippen molar-refractivity contribution < 1.29 is 4.42 Å². The van der Waals surface area contributed by atoms with Gasteiger partial charge in [0, 0.05) is 11.8 Å². The number of fused-ring (bicyclic) bond motifs is 1. The van der Waals surface area contributed by atoms with Crippen molar-refractivity contribution in [2.24, 2.45) is 0 Å². The molecule has 80 valence electrons. The molecule has 3 aromatic rings. The molecule has 0 aliphatic carbocycles. The minimum atomic E-state index is 0.853. The number of nitrogens with zero attached hydrogens (tertiary/aromatic N) is 3. The van der Waals surface area contributed by atoms with Crippen LogP contribution >= 0.6 is 0 Å². The first-order valence-electron chi connectivity index (χ1n) is 5.10. The first kappa shape index (κ1) is 9.15. The van der Waals surface area contributed by atoms with Crippen LogP contribution < -0.4 is 0 Å². The summed E-state index contributed by atoms with van der Waals surface area (Å²) in [6, 6.07) is 3.83. The van der Waals surface area contributed by atoms with Crippen molar-refractivity contribution in [3.8, 4) is 5.69 Å². The molecule has 0 fully saturated rings. The number of aryl methyl sites for hydroxylation is 1. The van der Waals surface area contributed by atoms with Crippen molar-refractivity contribution in [1.29, 1.82) is 0 Å². The quantitative estimate of drug-likeness (QED) is 0.624. The lowest BCUT2D eigenvalue weighted by Gasteiger charge is -2.00. The number of aromatic nitrogens is 3. The van der Waals surface area contributed by atoms with Gasteiger partial charge in [-0.1, -0.05) is 0 Å². The van der Waals surface area contributed by atoms with Gasteiger partial charge in [-0.25, -0.2) is 9.97 Å². The van der Waals surface area contributed by atoms with Gasteiger partial charge in [-0.15, -0.1) is 0 Å². The number of hydrogen-bond donors (Lipinski definition) is 0. The van der Waals surface area contributed by atoms with E-state index in [1.165, 1.54) is 0 Å². The summed E-state index contributed by atoms with van der Waals surface area (Å²) < 4.78 is 7.34. The number of hydrogen-bond acceptors (Lipinski definition) is 3. The van der Waals surface area contributed by atoms with E-state index in [1.54, 1.807) is 18.8 Å². The summed E-state index contributed by atoms with van der Waals surface area (Å²) in [4.78, 5) is 8.63. The Morgan fingerprint density at radius 1 is 1.25 bits per heavy atom. The van der Waals surface area contributed by atoms with E-state index in [0.29, 0.717) is 0 Å². The molecule has 3 aromatic heterocycles. The van der Waals surface area contributed by atoms with Gasteiger partial charge >= 0.3 is 0 Å². The van der Waals surface area contributed by atoms with E-state index in [1.807, 2.05) is 30.5 Å². The predicted octanol–water partition coefficient (Wildman–Crippen LogP) is 2.63. The molecule has 0 N–H and O–H groups in total. The molecule has 0 unspecified atom stereocenters. The van der Waals surface area contributed by atoms with Gasteiger partial charge < -0.3 is 4.42 Å². The Balaban J connectivity index is 2.30. The second-order valence-corrected chi connectivity index (χ2v) is 3.76. The molecule has 0 atom stereocenters. The Morgan fingerprint density at radius 2 is 2.12 bits per heavy atom. The largest absolute Gasteiger partial charge is 0.467 e. The highest BCUT2D eigenvalue weighted by molar-refractivity contribution is 5.72. The second-order valence-electron chi connectivity index (χ2n) is 3.76. The van der Waals surface area contributed by atoms with Crippen LogP contribution in [0.5, 0.6) is 0 Å². The zero-order chi connectivity index (χ0) is 11.1. The molecule has 0 radical (unpaired) electrons. The monoisotopic (exact) mass is 213 g/mol.